The normalized spacial score (nSPS) is 11.4. The number of aromatic nitrogens is 3. The van der Waals surface area contributed by atoms with Gasteiger partial charge in [-0.25, -0.2) is 4.98 Å². The van der Waals surface area contributed by atoms with E-state index in [9.17, 15) is 14.9 Å². The highest BCUT2D eigenvalue weighted by Crippen LogP contribution is 2.37. The zero-order valence-corrected chi connectivity index (χ0v) is 19.1. The average molecular weight is 510 g/mol. The van der Waals surface area contributed by atoms with Crippen molar-refractivity contribution >= 4 is 63.2 Å². The van der Waals surface area contributed by atoms with Crippen LogP contribution in [0.3, 0.4) is 0 Å². The van der Waals surface area contributed by atoms with Crippen molar-refractivity contribution in [1.82, 2.24) is 14.8 Å². The zero-order chi connectivity index (χ0) is 23.0. The van der Waals surface area contributed by atoms with E-state index in [1.807, 2.05) is 17.5 Å². The lowest BCUT2D eigenvalue weighted by Crippen LogP contribution is -2.13. The molecule has 0 radical (unpaired) electrons. The van der Waals surface area contributed by atoms with Crippen LogP contribution in [0.1, 0.15) is 5.69 Å². The molecule has 0 saturated carbocycles. The first-order chi connectivity index (χ1) is 15.2. The van der Waals surface area contributed by atoms with E-state index in [0.717, 1.165) is 17.7 Å². The zero-order valence-electron chi connectivity index (χ0n) is 16.0. The molecule has 1 N–H and O–H groups in total. The number of benzene rings is 2. The number of hydrogen-bond acceptors (Lipinski definition) is 7. The second kappa shape index (κ2) is 8.83. The second-order valence-corrected chi connectivity index (χ2v) is 8.55. The molecule has 0 aliphatic rings. The van der Waals surface area contributed by atoms with Crippen molar-refractivity contribution in [3.8, 4) is 16.4 Å². The molecule has 0 aliphatic heterocycles. The molecule has 0 amide bonds. The number of H-pyrrole nitrogens is 1. The van der Waals surface area contributed by atoms with Gasteiger partial charge < -0.3 is 0 Å². The van der Waals surface area contributed by atoms with Gasteiger partial charge in [-0.15, -0.1) is 21.6 Å². The number of nitrogens with zero attached hydrogens (tertiary/aromatic N) is 5. The fourth-order valence-corrected chi connectivity index (χ4v) is 4.23. The predicted molar refractivity (Wildman–Crippen MR) is 125 cm³/mol. The minimum atomic E-state index is -0.625. The summed E-state index contributed by atoms with van der Waals surface area (Å²) in [4.78, 5) is 27.7. The molecule has 4 rings (SSSR count). The van der Waals surface area contributed by atoms with E-state index < -0.39 is 10.5 Å². The topological polar surface area (TPSA) is 119 Å². The smallest absolute Gasteiger partial charge is 0.291 e. The van der Waals surface area contributed by atoms with Gasteiger partial charge in [0.05, 0.1) is 26.4 Å². The van der Waals surface area contributed by atoms with Gasteiger partial charge in [0.2, 0.25) is 5.13 Å². The van der Waals surface area contributed by atoms with Crippen molar-refractivity contribution in [2.75, 3.05) is 0 Å². The van der Waals surface area contributed by atoms with Crippen LogP contribution >= 0.6 is 46.1 Å². The first-order valence-electron chi connectivity index (χ1n) is 8.83. The number of nitro benzene ring substituents is 1. The third-order valence-electron chi connectivity index (χ3n) is 4.33. The minimum Gasteiger partial charge on any atom is -0.291 e. The predicted octanol–water partition coefficient (Wildman–Crippen LogP) is 6.88. The van der Waals surface area contributed by atoms with E-state index in [1.165, 1.54) is 16.0 Å². The maximum Gasteiger partial charge on any atom is 0.301 e. The van der Waals surface area contributed by atoms with Crippen molar-refractivity contribution < 1.29 is 4.92 Å². The summed E-state index contributed by atoms with van der Waals surface area (Å²) in [5.74, 6) is 0. The Kier molecular flexibility index (Phi) is 6.11. The first-order valence-corrected chi connectivity index (χ1v) is 10.8. The van der Waals surface area contributed by atoms with Crippen LogP contribution in [0.15, 0.2) is 56.8 Å². The van der Waals surface area contributed by atoms with Crippen LogP contribution in [0, 0.1) is 17.0 Å². The summed E-state index contributed by atoms with van der Waals surface area (Å²) in [5, 5.41) is 24.5. The van der Waals surface area contributed by atoms with Gasteiger partial charge in [0.1, 0.15) is 5.69 Å². The Morgan fingerprint density at radius 2 is 1.72 bits per heavy atom. The number of nitro groups is 1. The third kappa shape index (κ3) is 4.30. The molecule has 9 nitrogen and oxygen atoms in total. The van der Waals surface area contributed by atoms with Gasteiger partial charge in [0.25, 0.3) is 5.69 Å². The van der Waals surface area contributed by atoms with Crippen molar-refractivity contribution in [1.29, 1.82) is 0 Å². The van der Waals surface area contributed by atoms with Crippen LogP contribution in [0.2, 0.25) is 15.1 Å². The standard InChI is InChI=1S/C19H11Cl3N6O3S/c1-9-16(24-25-17-13(21)6-12(28(30)31)7-14(17)22)18(29)27(26-9)19-23-15(8-32-19)10-2-4-11(20)5-3-10/h2-8,26H,1H3. The monoisotopic (exact) mass is 508 g/mol. The van der Waals surface area contributed by atoms with Crippen molar-refractivity contribution in [3.05, 3.63) is 83.0 Å². The Labute approximate surface area is 199 Å². The van der Waals surface area contributed by atoms with Crippen LogP contribution in [-0.4, -0.2) is 19.7 Å². The fraction of sp³-hybridized carbons (Fsp3) is 0.0526. The molecule has 32 heavy (non-hydrogen) atoms. The number of nitrogens with one attached hydrogen (secondary N) is 1. The summed E-state index contributed by atoms with van der Waals surface area (Å²) < 4.78 is 1.26. The van der Waals surface area contributed by atoms with Crippen LogP contribution in [0.25, 0.3) is 16.4 Å². The molecular formula is C19H11Cl3N6O3S. The molecule has 0 bridgehead atoms. The third-order valence-corrected chi connectivity index (χ3v) is 5.98. The number of azo groups is 1. The first kappa shape index (κ1) is 22.2. The molecule has 0 fully saturated rings. The number of aromatic amines is 1. The van der Waals surface area contributed by atoms with E-state index in [-0.39, 0.29) is 27.1 Å². The maximum atomic E-state index is 12.9. The molecule has 0 unspecified atom stereocenters. The van der Waals surface area contributed by atoms with E-state index >= 15 is 0 Å². The van der Waals surface area contributed by atoms with E-state index in [2.05, 4.69) is 20.3 Å². The van der Waals surface area contributed by atoms with E-state index in [0.29, 0.717) is 21.5 Å². The van der Waals surface area contributed by atoms with Crippen LogP contribution in [0.4, 0.5) is 17.1 Å². The van der Waals surface area contributed by atoms with Crippen molar-refractivity contribution in [3.63, 3.8) is 0 Å². The largest absolute Gasteiger partial charge is 0.301 e. The van der Waals surface area contributed by atoms with Gasteiger partial charge in [-0.3, -0.25) is 20.0 Å². The summed E-state index contributed by atoms with van der Waals surface area (Å²) in [6, 6.07) is 9.40. The lowest BCUT2D eigenvalue weighted by Gasteiger charge is -2.00. The number of aryl methyl sites for hydroxylation is 1. The Morgan fingerprint density at radius 1 is 1.09 bits per heavy atom. The van der Waals surface area contributed by atoms with Crippen LogP contribution in [0.5, 0.6) is 0 Å². The molecule has 0 spiro atoms. The van der Waals surface area contributed by atoms with Crippen LogP contribution < -0.4 is 5.56 Å². The number of thiazole rings is 1. The van der Waals surface area contributed by atoms with Crippen molar-refractivity contribution in [2.45, 2.75) is 6.92 Å². The summed E-state index contributed by atoms with van der Waals surface area (Å²) in [5.41, 5.74) is 1.28. The molecule has 0 saturated heterocycles. The number of halogens is 3. The van der Waals surface area contributed by atoms with Gasteiger partial charge >= 0.3 is 5.56 Å². The Balaban J connectivity index is 1.67. The molecule has 4 aromatic rings. The fourth-order valence-electron chi connectivity index (χ4n) is 2.76. The van der Waals surface area contributed by atoms with Gasteiger partial charge in [-0.05, 0) is 19.1 Å². The Morgan fingerprint density at radius 3 is 2.34 bits per heavy atom. The van der Waals surface area contributed by atoms with Crippen LogP contribution in [-0.2, 0) is 0 Å². The summed E-state index contributed by atoms with van der Waals surface area (Å²) in [7, 11) is 0. The lowest BCUT2D eigenvalue weighted by atomic mass is 10.2. The highest BCUT2D eigenvalue weighted by molar-refractivity contribution is 7.12. The molecule has 2 aromatic heterocycles. The number of hydrogen-bond donors (Lipinski definition) is 1. The number of non-ortho nitro benzene ring substituents is 1. The maximum absolute atomic E-state index is 12.9. The van der Waals surface area contributed by atoms with E-state index in [1.54, 1.807) is 19.1 Å². The molecule has 2 aromatic carbocycles. The summed E-state index contributed by atoms with van der Waals surface area (Å²) >= 11 is 19.3. The SMILES string of the molecule is Cc1[nH]n(-c2nc(-c3ccc(Cl)cc3)cs2)c(=O)c1N=Nc1c(Cl)cc([N+](=O)[O-])cc1Cl. The van der Waals surface area contributed by atoms with Crippen molar-refractivity contribution in [2.24, 2.45) is 10.2 Å². The Hall–Kier alpha value is -3.05. The average Bonchev–Trinajstić information content (AvgIpc) is 3.33. The molecular weight excluding hydrogens is 499 g/mol. The minimum absolute atomic E-state index is 0.0183. The van der Waals surface area contributed by atoms with Gasteiger partial charge in [0.15, 0.2) is 5.69 Å². The van der Waals surface area contributed by atoms with Gasteiger partial charge in [-0.2, -0.15) is 4.68 Å². The number of rotatable bonds is 5. The lowest BCUT2D eigenvalue weighted by molar-refractivity contribution is -0.384. The molecule has 0 aliphatic carbocycles. The van der Waals surface area contributed by atoms with Gasteiger partial charge in [0, 0.05) is 28.1 Å². The van der Waals surface area contributed by atoms with E-state index in [4.69, 9.17) is 34.8 Å². The molecule has 0 atom stereocenters. The highest BCUT2D eigenvalue weighted by atomic mass is 35.5. The summed E-state index contributed by atoms with van der Waals surface area (Å²) in [6.07, 6.45) is 0. The molecule has 162 valence electrons. The molecule has 13 heteroatoms. The van der Waals surface area contributed by atoms with Gasteiger partial charge in [-0.1, -0.05) is 46.9 Å². The molecule has 2 heterocycles. The summed E-state index contributed by atoms with van der Waals surface area (Å²) in [6.45, 7) is 1.65. The Bertz CT molecular complexity index is 1400. The quantitative estimate of drug-likeness (QED) is 0.179. The highest BCUT2D eigenvalue weighted by Gasteiger charge is 2.17. The second-order valence-electron chi connectivity index (χ2n) is 6.46.